The van der Waals surface area contributed by atoms with E-state index in [0.29, 0.717) is 6.61 Å². The first-order valence-electron chi connectivity index (χ1n) is 5.87. The molecule has 0 unspecified atom stereocenters. The van der Waals surface area contributed by atoms with Crippen LogP contribution in [-0.2, 0) is 0 Å². The molecule has 1 heterocycles. The van der Waals surface area contributed by atoms with Gasteiger partial charge in [0.2, 0.25) is 0 Å². The molecule has 0 saturated heterocycles. The first kappa shape index (κ1) is 11.2. The number of aldehydes is 1. The number of hydrogen-bond acceptors (Lipinski definition) is 3. The number of rotatable bonds is 3. The molecular weight excluding hydrogens is 244 g/mol. The summed E-state index contributed by atoms with van der Waals surface area (Å²) in [5.41, 5.74) is 0.728. The Balaban J connectivity index is 2.46. The van der Waals surface area contributed by atoms with Crippen LogP contribution in [0.1, 0.15) is 17.3 Å². The molecule has 0 saturated carbocycles. The predicted molar refractivity (Wildman–Crippen MR) is 75.9 cm³/mol. The second kappa shape index (κ2) is 4.42. The SMILES string of the molecule is CCOc1ccc(C=O)c2c1sc1ccccc12. The fourth-order valence-corrected chi connectivity index (χ4v) is 3.40. The number of fused-ring (bicyclic) bond motifs is 3. The molecule has 0 aliphatic carbocycles. The summed E-state index contributed by atoms with van der Waals surface area (Å²) in [7, 11) is 0. The van der Waals surface area contributed by atoms with Crippen molar-refractivity contribution in [3.63, 3.8) is 0 Å². The van der Waals surface area contributed by atoms with Gasteiger partial charge in [-0.1, -0.05) is 18.2 Å². The minimum Gasteiger partial charge on any atom is -0.492 e. The monoisotopic (exact) mass is 256 g/mol. The van der Waals surface area contributed by atoms with Crippen molar-refractivity contribution in [1.82, 2.24) is 0 Å². The Morgan fingerprint density at radius 3 is 2.83 bits per heavy atom. The maximum atomic E-state index is 11.2. The van der Waals surface area contributed by atoms with Crippen LogP contribution in [0.4, 0.5) is 0 Å². The lowest BCUT2D eigenvalue weighted by Gasteiger charge is -2.05. The molecule has 0 aliphatic rings. The Kier molecular flexibility index (Phi) is 2.76. The van der Waals surface area contributed by atoms with Gasteiger partial charge >= 0.3 is 0 Å². The molecule has 3 rings (SSSR count). The summed E-state index contributed by atoms with van der Waals surface area (Å²) in [6.07, 6.45) is 0.914. The third-order valence-electron chi connectivity index (χ3n) is 2.95. The van der Waals surface area contributed by atoms with Gasteiger partial charge in [0.05, 0.1) is 11.3 Å². The van der Waals surface area contributed by atoms with Crippen LogP contribution in [0.5, 0.6) is 5.75 Å². The largest absolute Gasteiger partial charge is 0.492 e. The van der Waals surface area contributed by atoms with E-state index in [0.717, 1.165) is 33.1 Å². The van der Waals surface area contributed by atoms with Crippen molar-refractivity contribution in [3.8, 4) is 5.75 Å². The highest BCUT2D eigenvalue weighted by molar-refractivity contribution is 7.26. The molecule has 0 aliphatic heterocycles. The number of benzene rings is 2. The van der Waals surface area contributed by atoms with Crippen molar-refractivity contribution in [1.29, 1.82) is 0 Å². The van der Waals surface area contributed by atoms with E-state index in [1.807, 2.05) is 31.2 Å². The maximum Gasteiger partial charge on any atom is 0.150 e. The Bertz CT molecular complexity index is 728. The molecule has 18 heavy (non-hydrogen) atoms. The van der Waals surface area contributed by atoms with Crippen molar-refractivity contribution in [2.45, 2.75) is 6.92 Å². The van der Waals surface area contributed by atoms with E-state index in [-0.39, 0.29) is 0 Å². The summed E-state index contributed by atoms with van der Waals surface area (Å²) in [4.78, 5) is 11.2. The van der Waals surface area contributed by atoms with Gasteiger partial charge in [0.25, 0.3) is 0 Å². The zero-order chi connectivity index (χ0) is 12.5. The number of carbonyl (C=O) groups excluding carboxylic acids is 1. The third-order valence-corrected chi connectivity index (χ3v) is 4.13. The second-order valence-electron chi connectivity index (χ2n) is 4.01. The van der Waals surface area contributed by atoms with Crippen molar-refractivity contribution >= 4 is 37.8 Å². The highest BCUT2D eigenvalue weighted by Crippen LogP contribution is 2.40. The molecule has 3 aromatic rings. The van der Waals surface area contributed by atoms with Gasteiger partial charge < -0.3 is 4.74 Å². The van der Waals surface area contributed by atoms with Gasteiger partial charge in [-0.25, -0.2) is 0 Å². The molecule has 0 spiro atoms. The average Bonchev–Trinajstić information content (AvgIpc) is 2.79. The van der Waals surface area contributed by atoms with E-state index in [4.69, 9.17) is 4.74 Å². The van der Waals surface area contributed by atoms with Crippen molar-refractivity contribution in [2.75, 3.05) is 6.61 Å². The van der Waals surface area contributed by atoms with Crippen LogP contribution >= 0.6 is 11.3 Å². The van der Waals surface area contributed by atoms with Crippen LogP contribution in [0.2, 0.25) is 0 Å². The Morgan fingerprint density at radius 1 is 1.22 bits per heavy atom. The van der Waals surface area contributed by atoms with Crippen molar-refractivity contribution in [2.24, 2.45) is 0 Å². The van der Waals surface area contributed by atoms with Gasteiger partial charge in [-0.2, -0.15) is 0 Å². The quantitative estimate of drug-likeness (QED) is 0.654. The first-order valence-corrected chi connectivity index (χ1v) is 6.69. The van der Waals surface area contributed by atoms with E-state index in [1.165, 1.54) is 4.70 Å². The lowest BCUT2D eigenvalue weighted by Crippen LogP contribution is -1.92. The Morgan fingerprint density at radius 2 is 2.06 bits per heavy atom. The standard InChI is InChI=1S/C15H12O2S/c1-2-17-12-8-7-10(9-16)14-11-5-3-4-6-13(11)18-15(12)14/h3-9H,2H2,1H3. The number of carbonyl (C=O) groups is 1. The molecule has 2 aromatic carbocycles. The summed E-state index contributed by atoms with van der Waals surface area (Å²) >= 11 is 1.67. The molecule has 0 radical (unpaired) electrons. The second-order valence-corrected chi connectivity index (χ2v) is 5.06. The van der Waals surface area contributed by atoms with Crippen LogP contribution in [0.15, 0.2) is 36.4 Å². The Hall–Kier alpha value is -1.87. The minimum absolute atomic E-state index is 0.629. The molecule has 1 aromatic heterocycles. The lowest BCUT2D eigenvalue weighted by molar-refractivity contribution is 0.112. The molecule has 3 heteroatoms. The van der Waals surface area contributed by atoms with Gasteiger partial charge in [0.15, 0.2) is 6.29 Å². The van der Waals surface area contributed by atoms with Crippen LogP contribution in [0, 0.1) is 0 Å². The van der Waals surface area contributed by atoms with Crippen molar-refractivity contribution < 1.29 is 9.53 Å². The molecule has 2 nitrogen and oxygen atoms in total. The van der Waals surface area contributed by atoms with Gasteiger partial charge in [0.1, 0.15) is 5.75 Å². The van der Waals surface area contributed by atoms with Crippen LogP contribution in [-0.4, -0.2) is 12.9 Å². The highest BCUT2D eigenvalue weighted by Gasteiger charge is 2.12. The normalized spacial score (nSPS) is 10.9. The van der Waals surface area contributed by atoms with Gasteiger partial charge in [0, 0.05) is 21.0 Å². The molecule has 0 N–H and O–H groups in total. The third kappa shape index (κ3) is 1.59. The van der Waals surface area contributed by atoms with Gasteiger partial charge in [-0.3, -0.25) is 4.79 Å². The van der Waals surface area contributed by atoms with Crippen LogP contribution in [0.25, 0.3) is 20.2 Å². The molecule has 0 amide bonds. The summed E-state index contributed by atoms with van der Waals surface area (Å²) in [5.74, 6) is 0.860. The summed E-state index contributed by atoms with van der Waals surface area (Å²) in [6.45, 7) is 2.59. The molecule has 0 atom stereocenters. The molecular formula is C15H12O2S. The number of hydrogen-bond donors (Lipinski definition) is 0. The topological polar surface area (TPSA) is 26.3 Å². The summed E-state index contributed by atoms with van der Waals surface area (Å²) in [5, 5.41) is 2.14. The first-order chi connectivity index (χ1) is 8.85. The zero-order valence-electron chi connectivity index (χ0n) is 9.97. The maximum absolute atomic E-state index is 11.2. The van der Waals surface area contributed by atoms with E-state index >= 15 is 0 Å². The molecule has 0 fully saturated rings. The number of ether oxygens (including phenoxy) is 1. The van der Waals surface area contributed by atoms with Crippen molar-refractivity contribution in [3.05, 3.63) is 42.0 Å². The molecule has 0 bridgehead atoms. The van der Waals surface area contributed by atoms with E-state index in [2.05, 4.69) is 12.1 Å². The average molecular weight is 256 g/mol. The highest BCUT2D eigenvalue weighted by atomic mass is 32.1. The lowest BCUT2D eigenvalue weighted by atomic mass is 10.1. The Labute approximate surface area is 109 Å². The van der Waals surface area contributed by atoms with E-state index < -0.39 is 0 Å². The van der Waals surface area contributed by atoms with Gasteiger partial charge in [-0.05, 0) is 25.1 Å². The van der Waals surface area contributed by atoms with Crippen LogP contribution < -0.4 is 4.74 Å². The summed E-state index contributed by atoms with van der Waals surface area (Å²) < 4.78 is 7.88. The fourth-order valence-electron chi connectivity index (χ4n) is 2.20. The molecule has 90 valence electrons. The van der Waals surface area contributed by atoms with Crippen LogP contribution in [0.3, 0.4) is 0 Å². The smallest absolute Gasteiger partial charge is 0.150 e. The zero-order valence-corrected chi connectivity index (χ0v) is 10.8. The summed E-state index contributed by atoms with van der Waals surface area (Å²) in [6, 6.07) is 11.8. The minimum atomic E-state index is 0.629. The predicted octanol–water partition coefficient (Wildman–Crippen LogP) is 4.27. The fraction of sp³-hybridized carbons (Fsp3) is 0.133. The van der Waals surface area contributed by atoms with E-state index in [1.54, 1.807) is 11.3 Å². The number of thiophene rings is 1. The van der Waals surface area contributed by atoms with Gasteiger partial charge in [-0.15, -0.1) is 11.3 Å². The van der Waals surface area contributed by atoms with E-state index in [9.17, 15) is 4.79 Å².